The number of rotatable bonds is 3. The predicted octanol–water partition coefficient (Wildman–Crippen LogP) is 2.55. The summed E-state index contributed by atoms with van der Waals surface area (Å²) in [6, 6.07) is 9.24. The summed E-state index contributed by atoms with van der Waals surface area (Å²) in [6.45, 7) is 4.07. The van der Waals surface area contributed by atoms with E-state index in [0.29, 0.717) is 23.1 Å². The van der Waals surface area contributed by atoms with Crippen LogP contribution in [0.2, 0.25) is 0 Å². The number of aromatic nitrogens is 2. The summed E-state index contributed by atoms with van der Waals surface area (Å²) in [5.74, 6) is 1.13. The lowest BCUT2D eigenvalue weighted by molar-refractivity contribution is 0.102. The molecule has 1 fully saturated rings. The normalized spacial score (nSPS) is 17.8. The standard InChI is InChI=1S/C17H21N5O/c1-12-6-5-9-22(11-12)17-19-10-14(15(18)21-17)16(23)20-13-7-3-2-4-8-13/h2-4,7-8,10,12H,5-6,9,11H2,1H3,(H,20,23)(H2,18,19,21). The monoisotopic (exact) mass is 311 g/mol. The molecule has 1 saturated heterocycles. The minimum atomic E-state index is -0.299. The molecule has 2 aromatic rings. The molecule has 1 aliphatic rings. The Balaban J connectivity index is 1.75. The number of nitrogens with zero attached hydrogens (tertiary/aromatic N) is 3. The molecule has 6 heteroatoms. The van der Waals surface area contributed by atoms with E-state index < -0.39 is 0 Å². The average Bonchev–Trinajstić information content (AvgIpc) is 2.55. The Morgan fingerprint density at radius 3 is 2.83 bits per heavy atom. The van der Waals surface area contributed by atoms with Crippen LogP contribution >= 0.6 is 0 Å². The van der Waals surface area contributed by atoms with Crippen LogP contribution in [0.1, 0.15) is 30.1 Å². The molecule has 1 aromatic heterocycles. The van der Waals surface area contributed by atoms with E-state index in [9.17, 15) is 4.79 Å². The highest BCUT2D eigenvalue weighted by Gasteiger charge is 2.20. The van der Waals surface area contributed by atoms with Crippen LogP contribution in [0.15, 0.2) is 36.5 Å². The average molecular weight is 311 g/mol. The summed E-state index contributed by atoms with van der Waals surface area (Å²) in [5.41, 5.74) is 6.99. The molecule has 23 heavy (non-hydrogen) atoms. The zero-order chi connectivity index (χ0) is 16.2. The zero-order valence-corrected chi connectivity index (χ0v) is 13.2. The third-order valence-corrected chi connectivity index (χ3v) is 4.02. The van der Waals surface area contributed by atoms with E-state index in [2.05, 4.69) is 27.1 Å². The lowest BCUT2D eigenvalue weighted by atomic mass is 10.0. The van der Waals surface area contributed by atoms with Crippen molar-refractivity contribution in [1.82, 2.24) is 9.97 Å². The number of hydrogen-bond acceptors (Lipinski definition) is 5. The lowest BCUT2D eigenvalue weighted by Gasteiger charge is -2.31. The number of piperidine rings is 1. The molecule has 0 radical (unpaired) electrons. The summed E-state index contributed by atoms with van der Waals surface area (Å²) >= 11 is 0. The molecule has 0 spiro atoms. The lowest BCUT2D eigenvalue weighted by Crippen LogP contribution is -2.35. The molecule has 0 aliphatic carbocycles. The Morgan fingerprint density at radius 2 is 2.13 bits per heavy atom. The Morgan fingerprint density at radius 1 is 1.35 bits per heavy atom. The van der Waals surface area contributed by atoms with Crippen molar-refractivity contribution in [3.63, 3.8) is 0 Å². The van der Waals surface area contributed by atoms with Gasteiger partial charge in [-0.1, -0.05) is 25.1 Å². The maximum atomic E-state index is 12.3. The molecule has 0 saturated carbocycles. The number of amides is 1. The van der Waals surface area contributed by atoms with Crippen LogP contribution in [0, 0.1) is 5.92 Å². The van der Waals surface area contributed by atoms with E-state index >= 15 is 0 Å². The van der Waals surface area contributed by atoms with E-state index in [-0.39, 0.29) is 11.7 Å². The third-order valence-electron chi connectivity index (χ3n) is 4.02. The van der Waals surface area contributed by atoms with Gasteiger partial charge in [-0.2, -0.15) is 4.98 Å². The first-order valence-electron chi connectivity index (χ1n) is 7.87. The smallest absolute Gasteiger partial charge is 0.260 e. The second kappa shape index (κ2) is 6.64. The summed E-state index contributed by atoms with van der Waals surface area (Å²) in [4.78, 5) is 23.1. The van der Waals surface area contributed by atoms with Crippen LogP contribution in [-0.4, -0.2) is 29.0 Å². The molecule has 1 atom stereocenters. The van der Waals surface area contributed by atoms with Gasteiger partial charge in [0.1, 0.15) is 11.4 Å². The van der Waals surface area contributed by atoms with Crippen molar-refractivity contribution in [2.45, 2.75) is 19.8 Å². The molecular formula is C17H21N5O. The van der Waals surface area contributed by atoms with Crippen molar-refractivity contribution < 1.29 is 4.79 Å². The number of nitrogens with one attached hydrogen (secondary N) is 1. The van der Waals surface area contributed by atoms with E-state index in [1.54, 1.807) is 0 Å². The Kier molecular flexibility index (Phi) is 4.41. The van der Waals surface area contributed by atoms with Gasteiger partial charge in [0.15, 0.2) is 0 Å². The number of hydrogen-bond donors (Lipinski definition) is 2. The Hall–Kier alpha value is -2.63. The van der Waals surface area contributed by atoms with Crippen LogP contribution in [-0.2, 0) is 0 Å². The molecule has 120 valence electrons. The summed E-state index contributed by atoms with van der Waals surface area (Å²) in [7, 11) is 0. The van der Waals surface area contributed by atoms with Crippen molar-refractivity contribution >= 4 is 23.4 Å². The summed E-state index contributed by atoms with van der Waals surface area (Å²) in [6.07, 6.45) is 3.86. The zero-order valence-electron chi connectivity index (χ0n) is 13.2. The SMILES string of the molecule is CC1CCCN(c2ncc(C(=O)Nc3ccccc3)c(N)n2)C1. The molecule has 6 nitrogen and oxygen atoms in total. The minimum absolute atomic E-state index is 0.210. The minimum Gasteiger partial charge on any atom is -0.383 e. The fraction of sp³-hybridized carbons (Fsp3) is 0.353. The van der Waals surface area contributed by atoms with Gasteiger partial charge >= 0.3 is 0 Å². The first-order chi connectivity index (χ1) is 11.1. The third kappa shape index (κ3) is 3.59. The summed E-state index contributed by atoms with van der Waals surface area (Å²) in [5, 5.41) is 2.79. The van der Waals surface area contributed by atoms with Crippen molar-refractivity contribution in [3.05, 3.63) is 42.1 Å². The molecular weight excluding hydrogens is 290 g/mol. The van der Waals surface area contributed by atoms with Gasteiger partial charge in [0.2, 0.25) is 5.95 Å². The molecule has 1 aliphatic heterocycles. The maximum absolute atomic E-state index is 12.3. The number of carbonyl (C=O) groups is 1. The van der Waals surface area contributed by atoms with Gasteiger partial charge in [0.25, 0.3) is 5.91 Å². The van der Waals surface area contributed by atoms with Crippen LogP contribution in [0.3, 0.4) is 0 Å². The molecule has 1 amide bonds. The van der Waals surface area contributed by atoms with Crippen LogP contribution in [0.25, 0.3) is 0 Å². The molecule has 1 unspecified atom stereocenters. The first-order valence-corrected chi connectivity index (χ1v) is 7.87. The highest BCUT2D eigenvalue weighted by Crippen LogP contribution is 2.21. The van der Waals surface area contributed by atoms with Crippen molar-refractivity contribution in [3.8, 4) is 0 Å². The van der Waals surface area contributed by atoms with Gasteiger partial charge in [0, 0.05) is 25.0 Å². The van der Waals surface area contributed by atoms with Crippen molar-refractivity contribution in [1.29, 1.82) is 0 Å². The van der Waals surface area contributed by atoms with Gasteiger partial charge < -0.3 is 16.0 Å². The molecule has 2 heterocycles. The highest BCUT2D eigenvalue weighted by molar-refractivity contribution is 6.07. The number of anilines is 3. The number of nitrogen functional groups attached to an aromatic ring is 1. The molecule has 3 rings (SSSR count). The van der Waals surface area contributed by atoms with Gasteiger partial charge in [-0.25, -0.2) is 4.98 Å². The molecule has 0 bridgehead atoms. The first kappa shape index (κ1) is 15.3. The van der Waals surface area contributed by atoms with E-state index in [4.69, 9.17) is 5.73 Å². The van der Waals surface area contributed by atoms with Crippen LogP contribution < -0.4 is 16.0 Å². The molecule has 3 N–H and O–H groups in total. The van der Waals surface area contributed by atoms with Crippen molar-refractivity contribution in [2.24, 2.45) is 5.92 Å². The second-order valence-corrected chi connectivity index (χ2v) is 5.98. The predicted molar refractivity (Wildman–Crippen MR) is 91.5 cm³/mol. The van der Waals surface area contributed by atoms with Gasteiger partial charge in [-0.05, 0) is 30.9 Å². The van der Waals surface area contributed by atoms with Crippen LogP contribution in [0.4, 0.5) is 17.5 Å². The van der Waals surface area contributed by atoms with Gasteiger partial charge in [0.05, 0.1) is 0 Å². The van der Waals surface area contributed by atoms with Crippen molar-refractivity contribution in [2.75, 3.05) is 29.0 Å². The quantitative estimate of drug-likeness (QED) is 0.910. The Labute approximate surface area is 135 Å². The molecule has 1 aromatic carbocycles. The number of nitrogens with two attached hydrogens (primary N) is 1. The van der Waals surface area contributed by atoms with E-state index in [0.717, 1.165) is 19.5 Å². The number of carbonyl (C=O) groups excluding carboxylic acids is 1. The topological polar surface area (TPSA) is 84.1 Å². The maximum Gasteiger partial charge on any atom is 0.260 e. The second-order valence-electron chi connectivity index (χ2n) is 5.98. The number of para-hydroxylation sites is 1. The fourth-order valence-electron chi connectivity index (χ4n) is 2.80. The fourth-order valence-corrected chi connectivity index (χ4v) is 2.80. The van der Waals surface area contributed by atoms with Gasteiger partial charge in [-0.3, -0.25) is 4.79 Å². The highest BCUT2D eigenvalue weighted by atomic mass is 16.1. The van der Waals surface area contributed by atoms with Crippen LogP contribution in [0.5, 0.6) is 0 Å². The van der Waals surface area contributed by atoms with Gasteiger partial charge in [-0.15, -0.1) is 0 Å². The largest absolute Gasteiger partial charge is 0.383 e. The summed E-state index contributed by atoms with van der Waals surface area (Å²) < 4.78 is 0. The van der Waals surface area contributed by atoms with E-state index in [1.807, 2.05) is 30.3 Å². The van der Waals surface area contributed by atoms with E-state index in [1.165, 1.54) is 12.6 Å². The Bertz CT molecular complexity index is 689. The number of benzene rings is 1.